The number of hydrogen-bond donors (Lipinski definition) is 2. The van der Waals surface area contributed by atoms with Gasteiger partial charge in [0.25, 0.3) is 10.1 Å². The minimum atomic E-state index is -4.09. The number of rotatable bonds is 12. The summed E-state index contributed by atoms with van der Waals surface area (Å²) in [6, 6.07) is 3.27. The van der Waals surface area contributed by atoms with Gasteiger partial charge in [-0.25, -0.2) is 9.55 Å². The average Bonchev–Trinajstić information content (AvgIpc) is 3.15. The number of fused-ring (bicyclic) bond motifs is 1. The van der Waals surface area contributed by atoms with E-state index in [4.69, 9.17) is 53.6 Å². The van der Waals surface area contributed by atoms with Crippen molar-refractivity contribution in [2.75, 3.05) is 12.4 Å². The lowest BCUT2D eigenvalue weighted by Gasteiger charge is -2.09. The van der Waals surface area contributed by atoms with Crippen molar-refractivity contribution < 1.29 is 36.6 Å². The third-order valence-electron chi connectivity index (χ3n) is 4.83. The Morgan fingerprint density at radius 1 is 1.15 bits per heavy atom. The lowest BCUT2D eigenvalue weighted by Crippen LogP contribution is -2.32. The summed E-state index contributed by atoms with van der Waals surface area (Å²) >= 11 is 19.1. The van der Waals surface area contributed by atoms with Crippen LogP contribution in [0.3, 0.4) is 0 Å². The molecule has 13 heteroatoms. The van der Waals surface area contributed by atoms with E-state index >= 15 is 0 Å². The van der Waals surface area contributed by atoms with Crippen LogP contribution in [0.25, 0.3) is 22.6 Å². The van der Waals surface area contributed by atoms with E-state index in [1.165, 1.54) is 6.07 Å². The van der Waals surface area contributed by atoms with Gasteiger partial charge in [0.2, 0.25) is 5.89 Å². The number of oxazole rings is 1. The maximum Gasteiger partial charge on any atom is 0.303 e. The summed E-state index contributed by atoms with van der Waals surface area (Å²) in [6.07, 6.45) is 6.00. The second kappa shape index (κ2) is 11.5. The SMILES string of the molecule is O=C(O)CCCCC[n+]1ccc(-c2nc3cc(Cl)c(OCCCS(=O)(=O)O)c(Cl)c3o2)c(Cl)c1. The van der Waals surface area contributed by atoms with E-state index in [-0.39, 0.29) is 46.7 Å². The third-order valence-corrected chi connectivity index (χ3v) is 6.56. The Morgan fingerprint density at radius 3 is 2.59 bits per heavy atom. The summed E-state index contributed by atoms with van der Waals surface area (Å²) in [5, 5.41) is 9.35. The molecule has 0 amide bonds. The Balaban J connectivity index is 1.73. The highest BCUT2D eigenvalue weighted by atomic mass is 35.5. The molecule has 0 aliphatic heterocycles. The number of carboxylic acids is 1. The van der Waals surface area contributed by atoms with E-state index in [1.54, 1.807) is 12.3 Å². The summed E-state index contributed by atoms with van der Waals surface area (Å²) in [4.78, 5) is 15.0. The van der Waals surface area contributed by atoms with Crippen LogP contribution in [0.5, 0.6) is 5.75 Å². The Kier molecular flexibility index (Phi) is 9.00. The molecule has 0 spiro atoms. The van der Waals surface area contributed by atoms with Gasteiger partial charge in [0.1, 0.15) is 22.1 Å². The molecule has 0 fully saturated rings. The molecule has 0 aliphatic carbocycles. The number of aryl methyl sites for hydroxylation is 1. The number of pyridine rings is 1. The Hall–Kier alpha value is -2.11. The molecule has 0 radical (unpaired) electrons. The van der Waals surface area contributed by atoms with E-state index in [1.807, 2.05) is 10.8 Å². The first-order chi connectivity index (χ1) is 16.0. The van der Waals surface area contributed by atoms with Crippen molar-refractivity contribution in [3.8, 4) is 17.2 Å². The molecular formula is C21H22Cl3N2O7S+. The molecule has 9 nitrogen and oxygen atoms in total. The largest absolute Gasteiger partial charge is 0.490 e. The minimum Gasteiger partial charge on any atom is -0.490 e. The van der Waals surface area contributed by atoms with Gasteiger partial charge in [0.15, 0.2) is 23.7 Å². The summed E-state index contributed by atoms with van der Waals surface area (Å²) in [5.41, 5.74) is 1.17. The highest BCUT2D eigenvalue weighted by molar-refractivity contribution is 7.85. The van der Waals surface area contributed by atoms with Crippen LogP contribution in [0, 0.1) is 0 Å². The zero-order chi connectivity index (χ0) is 24.9. The summed E-state index contributed by atoms with van der Waals surface area (Å²) in [5.74, 6) is -0.898. The molecule has 0 saturated heterocycles. The maximum atomic E-state index is 10.8. The number of unbranched alkanes of at least 4 members (excludes halogenated alkanes) is 2. The van der Waals surface area contributed by atoms with Crippen LogP contribution in [0.2, 0.25) is 15.1 Å². The van der Waals surface area contributed by atoms with Gasteiger partial charge < -0.3 is 14.3 Å². The lowest BCUT2D eigenvalue weighted by molar-refractivity contribution is -0.697. The van der Waals surface area contributed by atoms with Crippen LogP contribution in [0.4, 0.5) is 0 Å². The first-order valence-corrected chi connectivity index (χ1v) is 13.1. The van der Waals surface area contributed by atoms with Crippen LogP contribution in [-0.4, -0.2) is 41.4 Å². The monoisotopic (exact) mass is 551 g/mol. The second-order valence-electron chi connectivity index (χ2n) is 7.51. The molecule has 3 aromatic rings. The fourth-order valence-electron chi connectivity index (χ4n) is 3.21. The molecule has 2 heterocycles. The van der Waals surface area contributed by atoms with Crippen molar-refractivity contribution in [3.63, 3.8) is 0 Å². The Labute approximate surface area is 211 Å². The van der Waals surface area contributed by atoms with Gasteiger partial charge in [0, 0.05) is 18.9 Å². The number of hydrogen-bond acceptors (Lipinski definition) is 6. The number of ether oxygens (including phenoxy) is 1. The summed E-state index contributed by atoms with van der Waals surface area (Å²) in [6.45, 7) is 0.652. The molecule has 0 saturated carbocycles. The molecule has 0 bridgehead atoms. The summed E-state index contributed by atoms with van der Waals surface area (Å²) in [7, 11) is -4.09. The minimum absolute atomic E-state index is 0.0352. The predicted molar refractivity (Wildman–Crippen MR) is 127 cm³/mol. The molecule has 2 aromatic heterocycles. The number of carboxylic acid groups (broad SMARTS) is 1. The van der Waals surface area contributed by atoms with Gasteiger partial charge in [-0.05, 0) is 25.3 Å². The Bertz CT molecular complexity index is 1300. The maximum absolute atomic E-state index is 10.8. The highest BCUT2D eigenvalue weighted by Crippen LogP contribution is 2.41. The molecule has 1 aromatic carbocycles. The van der Waals surface area contributed by atoms with Crippen molar-refractivity contribution in [2.24, 2.45) is 0 Å². The number of benzene rings is 1. The van der Waals surface area contributed by atoms with E-state index in [2.05, 4.69) is 4.98 Å². The van der Waals surface area contributed by atoms with Gasteiger partial charge in [-0.3, -0.25) is 9.35 Å². The van der Waals surface area contributed by atoms with E-state index in [0.29, 0.717) is 29.1 Å². The van der Waals surface area contributed by atoms with Gasteiger partial charge in [-0.1, -0.05) is 34.8 Å². The molecular weight excluding hydrogens is 531 g/mol. The topological polar surface area (TPSA) is 131 Å². The third kappa shape index (κ3) is 7.19. The first kappa shape index (κ1) is 26.5. The number of nitrogens with zero attached hydrogens (tertiary/aromatic N) is 2. The van der Waals surface area contributed by atoms with Crippen LogP contribution in [0.15, 0.2) is 28.9 Å². The normalized spacial score (nSPS) is 11.8. The molecule has 0 aliphatic rings. The smallest absolute Gasteiger partial charge is 0.303 e. The van der Waals surface area contributed by atoms with Crippen molar-refractivity contribution >= 4 is 62.0 Å². The van der Waals surface area contributed by atoms with Crippen LogP contribution < -0.4 is 9.30 Å². The number of carbonyl (C=O) groups is 1. The number of halogens is 3. The predicted octanol–water partition coefficient (Wildman–Crippen LogP) is 5.04. The van der Waals surface area contributed by atoms with Gasteiger partial charge in [-0.15, -0.1) is 0 Å². The highest BCUT2D eigenvalue weighted by Gasteiger charge is 2.21. The zero-order valence-corrected chi connectivity index (χ0v) is 20.9. The summed E-state index contributed by atoms with van der Waals surface area (Å²) < 4.78 is 43.7. The zero-order valence-electron chi connectivity index (χ0n) is 17.8. The van der Waals surface area contributed by atoms with Gasteiger partial charge in [-0.2, -0.15) is 8.42 Å². The molecule has 0 atom stereocenters. The average molecular weight is 553 g/mol. The quantitative estimate of drug-likeness (QED) is 0.181. The second-order valence-corrected chi connectivity index (χ2v) is 10.3. The fraction of sp³-hybridized carbons (Fsp3) is 0.381. The van der Waals surface area contributed by atoms with Crippen LogP contribution >= 0.6 is 34.8 Å². The van der Waals surface area contributed by atoms with Crippen molar-refractivity contribution in [1.29, 1.82) is 0 Å². The van der Waals surface area contributed by atoms with Crippen molar-refractivity contribution in [2.45, 2.75) is 38.6 Å². The van der Waals surface area contributed by atoms with Crippen LogP contribution in [0.1, 0.15) is 32.1 Å². The van der Waals surface area contributed by atoms with E-state index in [9.17, 15) is 13.2 Å². The van der Waals surface area contributed by atoms with Gasteiger partial charge in [0.05, 0.1) is 22.9 Å². The van der Waals surface area contributed by atoms with Crippen molar-refractivity contribution in [1.82, 2.24) is 4.98 Å². The van der Waals surface area contributed by atoms with Gasteiger partial charge >= 0.3 is 5.97 Å². The Morgan fingerprint density at radius 2 is 1.91 bits per heavy atom. The molecule has 184 valence electrons. The lowest BCUT2D eigenvalue weighted by atomic mass is 10.2. The molecule has 2 N–H and O–H groups in total. The standard InChI is InChI=1S/C21H21Cl3N2O7S/c22-14-11-16-20(18(24)19(14)32-9-4-10-34(29,30)31)33-21(25-16)13-6-8-26(12-15(13)23)7-3-1-2-5-17(27)28/h6,8,11-12H,1-5,7,9-10H2,(H-,27,28,29,30,31)/p+1. The van der Waals surface area contributed by atoms with Crippen molar-refractivity contribution in [3.05, 3.63) is 39.6 Å². The first-order valence-electron chi connectivity index (χ1n) is 10.3. The molecule has 34 heavy (non-hydrogen) atoms. The van der Waals surface area contributed by atoms with Crippen LogP contribution in [-0.2, 0) is 21.5 Å². The van der Waals surface area contributed by atoms with E-state index < -0.39 is 21.8 Å². The number of aliphatic carboxylic acids is 1. The number of aromatic nitrogens is 2. The molecule has 0 unspecified atom stereocenters. The fourth-order valence-corrected chi connectivity index (χ4v) is 4.56. The van der Waals surface area contributed by atoms with E-state index in [0.717, 1.165) is 12.8 Å². The molecule has 3 rings (SSSR count).